The van der Waals surface area contributed by atoms with Crippen LogP contribution in [0.2, 0.25) is 5.02 Å². The molecule has 0 aliphatic heterocycles. The SMILES string of the molecule is Cc1ccc(Cl)c(OC(C)C(=O)NCCCc2ccc(O)cc2)c1. The second-order valence-corrected chi connectivity index (χ2v) is 6.16. The van der Waals surface area contributed by atoms with Crippen molar-refractivity contribution in [3.63, 3.8) is 0 Å². The highest BCUT2D eigenvalue weighted by Crippen LogP contribution is 2.26. The molecule has 2 N–H and O–H groups in total. The molecule has 24 heavy (non-hydrogen) atoms. The Morgan fingerprint density at radius 2 is 1.96 bits per heavy atom. The van der Waals surface area contributed by atoms with Crippen LogP contribution in [0.25, 0.3) is 0 Å². The molecule has 1 amide bonds. The Labute approximate surface area is 147 Å². The molecule has 0 radical (unpaired) electrons. The molecular weight excluding hydrogens is 326 g/mol. The molecular formula is C19H22ClNO3. The number of phenolic OH excluding ortho intramolecular Hbond substituents is 1. The Morgan fingerprint density at radius 1 is 1.25 bits per heavy atom. The topological polar surface area (TPSA) is 58.6 Å². The smallest absolute Gasteiger partial charge is 0.260 e. The Morgan fingerprint density at radius 3 is 2.67 bits per heavy atom. The van der Waals surface area contributed by atoms with Gasteiger partial charge in [-0.25, -0.2) is 0 Å². The van der Waals surface area contributed by atoms with E-state index in [0.717, 1.165) is 24.0 Å². The summed E-state index contributed by atoms with van der Waals surface area (Å²) in [7, 11) is 0. The van der Waals surface area contributed by atoms with Gasteiger partial charge in [-0.15, -0.1) is 0 Å². The van der Waals surface area contributed by atoms with Gasteiger partial charge in [0, 0.05) is 6.54 Å². The van der Waals surface area contributed by atoms with Crippen LogP contribution in [0.1, 0.15) is 24.5 Å². The molecule has 1 atom stereocenters. The first-order chi connectivity index (χ1) is 11.5. The summed E-state index contributed by atoms with van der Waals surface area (Å²) >= 11 is 6.08. The van der Waals surface area contributed by atoms with Gasteiger partial charge < -0.3 is 15.2 Å². The molecule has 1 unspecified atom stereocenters. The average molecular weight is 348 g/mol. The van der Waals surface area contributed by atoms with Crippen LogP contribution in [0.5, 0.6) is 11.5 Å². The van der Waals surface area contributed by atoms with Crippen molar-refractivity contribution in [3.8, 4) is 11.5 Å². The zero-order valence-electron chi connectivity index (χ0n) is 13.9. The highest BCUT2D eigenvalue weighted by Gasteiger charge is 2.15. The second-order valence-electron chi connectivity index (χ2n) is 5.75. The van der Waals surface area contributed by atoms with E-state index in [1.54, 1.807) is 25.1 Å². The number of benzene rings is 2. The summed E-state index contributed by atoms with van der Waals surface area (Å²) in [5.41, 5.74) is 2.15. The van der Waals surface area contributed by atoms with Crippen LogP contribution in [-0.4, -0.2) is 23.7 Å². The number of nitrogens with one attached hydrogen (secondary N) is 1. The van der Waals surface area contributed by atoms with Gasteiger partial charge in [0.15, 0.2) is 6.10 Å². The van der Waals surface area contributed by atoms with E-state index < -0.39 is 6.10 Å². The quantitative estimate of drug-likeness (QED) is 0.747. The largest absolute Gasteiger partial charge is 0.508 e. The lowest BCUT2D eigenvalue weighted by Crippen LogP contribution is -2.37. The van der Waals surface area contributed by atoms with Crippen molar-refractivity contribution in [2.75, 3.05) is 6.54 Å². The molecule has 0 saturated carbocycles. The number of aryl methyl sites for hydroxylation is 2. The summed E-state index contributed by atoms with van der Waals surface area (Å²) in [6.45, 7) is 4.21. The molecule has 0 aliphatic carbocycles. The first-order valence-electron chi connectivity index (χ1n) is 7.94. The summed E-state index contributed by atoms with van der Waals surface area (Å²) in [5.74, 6) is 0.606. The third-order valence-corrected chi connectivity index (χ3v) is 3.95. The maximum absolute atomic E-state index is 12.1. The van der Waals surface area contributed by atoms with Crippen LogP contribution in [0.3, 0.4) is 0 Å². The molecule has 0 spiro atoms. The average Bonchev–Trinajstić information content (AvgIpc) is 2.56. The fourth-order valence-electron chi connectivity index (χ4n) is 2.26. The van der Waals surface area contributed by atoms with Gasteiger partial charge in [0.1, 0.15) is 11.5 Å². The van der Waals surface area contributed by atoms with Crippen molar-refractivity contribution in [1.29, 1.82) is 0 Å². The number of halogens is 1. The standard InChI is InChI=1S/C19H22ClNO3/c1-13-5-10-17(20)18(12-13)24-14(2)19(23)21-11-3-4-15-6-8-16(22)9-7-15/h5-10,12,14,22H,3-4,11H2,1-2H3,(H,21,23). The van der Waals surface area contributed by atoms with Gasteiger partial charge in [-0.1, -0.05) is 29.8 Å². The summed E-state index contributed by atoms with van der Waals surface area (Å²) in [4.78, 5) is 12.1. The van der Waals surface area contributed by atoms with E-state index in [4.69, 9.17) is 16.3 Å². The lowest BCUT2D eigenvalue weighted by Gasteiger charge is -2.16. The van der Waals surface area contributed by atoms with Gasteiger partial charge in [0.25, 0.3) is 5.91 Å². The molecule has 2 rings (SSSR count). The van der Waals surface area contributed by atoms with E-state index in [-0.39, 0.29) is 11.7 Å². The zero-order chi connectivity index (χ0) is 17.5. The predicted octanol–water partition coefficient (Wildman–Crippen LogP) is 3.87. The Bertz CT molecular complexity index is 686. The van der Waals surface area contributed by atoms with Crippen molar-refractivity contribution >= 4 is 17.5 Å². The number of rotatable bonds is 7. The predicted molar refractivity (Wildman–Crippen MR) is 95.7 cm³/mol. The lowest BCUT2D eigenvalue weighted by molar-refractivity contribution is -0.127. The molecule has 2 aromatic carbocycles. The van der Waals surface area contributed by atoms with Crippen molar-refractivity contribution in [2.45, 2.75) is 32.8 Å². The van der Waals surface area contributed by atoms with Gasteiger partial charge in [0.05, 0.1) is 5.02 Å². The lowest BCUT2D eigenvalue weighted by atomic mass is 10.1. The highest BCUT2D eigenvalue weighted by atomic mass is 35.5. The first-order valence-corrected chi connectivity index (χ1v) is 8.32. The van der Waals surface area contributed by atoms with Crippen molar-refractivity contribution in [3.05, 3.63) is 58.6 Å². The van der Waals surface area contributed by atoms with Gasteiger partial charge in [-0.05, 0) is 62.1 Å². The number of hydrogen-bond donors (Lipinski definition) is 2. The van der Waals surface area contributed by atoms with Crippen molar-refractivity contribution < 1.29 is 14.6 Å². The summed E-state index contributed by atoms with van der Waals surface area (Å²) in [6, 6.07) is 12.5. The minimum Gasteiger partial charge on any atom is -0.508 e. The Hall–Kier alpha value is -2.20. The van der Waals surface area contributed by atoms with Crippen molar-refractivity contribution in [1.82, 2.24) is 5.32 Å². The van der Waals surface area contributed by atoms with E-state index in [9.17, 15) is 9.90 Å². The van der Waals surface area contributed by atoms with Gasteiger partial charge in [0.2, 0.25) is 0 Å². The zero-order valence-corrected chi connectivity index (χ0v) is 14.6. The molecule has 2 aromatic rings. The summed E-state index contributed by atoms with van der Waals surface area (Å²) < 4.78 is 5.64. The van der Waals surface area contributed by atoms with Crippen LogP contribution in [0.15, 0.2) is 42.5 Å². The molecule has 0 saturated heterocycles. The number of carbonyl (C=O) groups excluding carboxylic acids is 1. The molecule has 0 aromatic heterocycles. The number of ether oxygens (including phenoxy) is 1. The van der Waals surface area contributed by atoms with Gasteiger partial charge >= 0.3 is 0 Å². The number of amides is 1. The molecule has 0 bridgehead atoms. The van der Waals surface area contributed by atoms with Crippen LogP contribution in [0.4, 0.5) is 0 Å². The molecule has 5 heteroatoms. The van der Waals surface area contributed by atoms with E-state index in [1.807, 2.05) is 31.2 Å². The maximum atomic E-state index is 12.1. The van der Waals surface area contributed by atoms with Crippen LogP contribution < -0.4 is 10.1 Å². The maximum Gasteiger partial charge on any atom is 0.260 e. The molecule has 0 heterocycles. The first kappa shape index (κ1) is 18.1. The van der Waals surface area contributed by atoms with E-state index in [1.165, 1.54) is 0 Å². The molecule has 128 valence electrons. The number of aromatic hydroxyl groups is 1. The number of phenols is 1. The molecule has 0 aliphatic rings. The fourth-order valence-corrected chi connectivity index (χ4v) is 2.42. The molecule has 4 nitrogen and oxygen atoms in total. The van der Waals surface area contributed by atoms with Crippen LogP contribution >= 0.6 is 11.6 Å². The normalized spacial score (nSPS) is 11.8. The monoisotopic (exact) mass is 347 g/mol. The second kappa shape index (κ2) is 8.60. The van der Waals surface area contributed by atoms with Gasteiger partial charge in [-0.2, -0.15) is 0 Å². The minimum atomic E-state index is -0.613. The summed E-state index contributed by atoms with van der Waals surface area (Å²) in [6.07, 6.45) is 1.03. The van der Waals surface area contributed by atoms with Crippen molar-refractivity contribution in [2.24, 2.45) is 0 Å². The van der Waals surface area contributed by atoms with Gasteiger partial charge in [-0.3, -0.25) is 4.79 Å². The fraction of sp³-hybridized carbons (Fsp3) is 0.316. The summed E-state index contributed by atoms with van der Waals surface area (Å²) in [5, 5.41) is 12.6. The Balaban J connectivity index is 1.75. The minimum absolute atomic E-state index is 0.168. The Kier molecular flexibility index (Phi) is 6.50. The van der Waals surface area contributed by atoms with Crippen LogP contribution in [0, 0.1) is 6.92 Å². The number of carbonyl (C=O) groups is 1. The van der Waals surface area contributed by atoms with E-state index >= 15 is 0 Å². The van der Waals surface area contributed by atoms with E-state index in [2.05, 4.69) is 5.32 Å². The van der Waals surface area contributed by atoms with Crippen LogP contribution in [-0.2, 0) is 11.2 Å². The third kappa shape index (κ3) is 5.46. The molecule has 0 fully saturated rings. The highest BCUT2D eigenvalue weighted by molar-refractivity contribution is 6.32. The number of hydrogen-bond acceptors (Lipinski definition) is 3. The van der Waals surface area contributed by atoms with E-state index in [0.29, 0.717) is 17.3 Å². The third-order valence-electron chi connectivity index (χ3n) is 3.64.